The van der Waals surface area contributed by atoms with Crippen molar-refractivity contribution in [1.82, 2.24) is 61.8 Å². The molecule has 41 nitrogen and oxygen atoms in total. The number of carbonyl (C=O) groups excluding carboxylic acids is 9. The average Bonchev–Trinajstić information content (AvgIpc) is 1.70. The van der Waals surface area contributed by atoms with Crippen LogP contribution in [0.25, 0.3) is 10.7 Å². The number of primary amides is 3. The third-order valence-corrected chi connectivity index (χ3v) is 20.5. The third kappa shape index (κ3) is 23.4. The predicted molar refractivity (Wildman–Crippen MR) is 379 cm³/mol. The van der Waals surface area contributed by atoms with E-state index in [-0.39, 0.29) is 70.8 Å². The summed E-state index contributed by atoms with van der Waals surface area (Å²) in [4.78, 5) is 144. The molecule has 0 spiro atoms. The Morgan fingerprint density at radius 2 is 1.47 bits per heavy atom. The first-order valence-electron chi connectivity index (χ1n) is 33.2. The fourth-order valence-electron chi connectivity index (χ4n) is 10.9. The lowest BCUT2D eigenvalue weighted by Crippen LogP contribution is -2.65. The molecule has 0 saturated carbocycles. The first-order chi connectivity index (χ1) is 50.7. The number of H-pyrrole nitrogens is 1. The fraction of sp³-hybridized carbons (Fsp3) is 0.556. The van der Waals surface area contributed by atoms with E-state index < -0.39 is 183 Å². The van der Waals surface area contributed by atoms with Crippen LogP contribution in [0.2, 0.25) is 0 Å². The average molecular weight is 1560 g/mol. The number of hydrogen-bond donors (Lipinski definition) is 21. The largest absolute Gasteiger partial charge is 0.497 e. The van der Waals surface area contributed by atoms with Crippen molar-refractivity contribution in [3.63, 3.8) is 0 Å². The summed E-state index contributed by atoms with van der Waals surface area (Å²) in [5.74, 6) is -7.29. The maximum absolute atomic E-state index is 15.2. The number of anilines is 2. The number of aromatic amines is 1. The number of thiazole rings is 2. The monoisotopic (exact) mass is 1560 g/mol. The second-order valence-corrected chi connectivity index (χ2v) is 29.1. The summed E-state index contributed by atoms with van der Waals surface area (Å²) in [6.45, 7) is 2.93. The molecule has 1 aromatic carbocycles. The predicted octanol–water partition coefficient (Wildman–Crippen LogP) is -6.69. The Hall–Kier alpha value is -8.81. The van der Waals surface area contributed by atoms with Crippen LogP contribution < -0.4 is 70.6 Å². The molecule has 107 heavy (non-hydrogen) atoms. The van der Waals surface area contributed by atoms with E-state index in [1.54, 1.807) is 42.1 Å². The highest BCUT2D eigenvalue weighted by molar-refractivity contribution is 7.96. The molecule has 5 aromatic rings. The van der Waals surface area contributed by atoms with Gasteiger partial charge in [-0.3, -0.25) is 38.4 Å². The standard InChI is InChI=1S/C63H90N18O23S3/c1-25-41(78-54(81-52(25)66)32(16-38(65)85)72-17-31(64)53(67)92)58(96)80-43(49(33-18-69-24-73-33)102-62-51(47(90)45(88)36(19-82)101-62)103-61-48(91)50(104-63(68)98)46(89)37(20-83)100-61)59(97)74-27(3)44(87)26(2)55(93)79-42(28(4)84)57(95)71-14-12-40-76-35(22-105-40)60-77-34(21-106-60)56(94)70-13-7-15-107(6)23-39(86)75-29-8-10-30(99-5)11-9-29/h8-11,18,21-22,24,26-28,31-32,36-37,42-51,61-62,72,82-84,87-91H,7,12-17,19-20,23,64H2,1-6H3,(H14-,65,66,67,68,69,70,71,73,74,75,78,79,80,81,85,86,92,93,94,95,96,97,98)/p+1/t26?,27?,28?,31?,32?,36-,37+,42?,43?,44?,45+,46+,47+,48-,49?,50+,51-,61+,62-,107?/m0/s1. The normalized spacial score (nSPS) is 22.9. The van der Waals surface area contributed by atoms with Gasteiger partial charge in [-0.25, -0.2) is 29.7 Å². The highest BCUT2D eigenvalue weighted by Crippen LogP contribution is 2.35. The summed E-state index contributed by atoms with van der Waals surface area (Å²) < 4.78 is 33.9. The number of aliphatic hydroxyl groups excluding tert-OH is 8. The van der Waals surface area contributed by atoms with Crippen LogP contribution in [0, 0.1) is 12.8 Å². The fourth-order valence-corrected chi connectivity index (χ4v) is 13.8. The Labute approximate surface area is 621 Å². The van der Waals surface area contributed by atoms with Gasteiger partial charge in [-0.2, -0.15) is 0 Å². The summed E-state index contributed by atoms with van der Waals surface area (Å²) in [5.41, 5.74) is 28.6. The minimum absolute atomic E-state index is 0.0371. The SMILES string of the molecule is COc1ccc(NC(=O)C[S+](C)CCCNC(=O)c2csc(-c3csc(CCNC(=O)C(NC(=O)C(C)C(O)C(C)NC(=O)C(NC(=O)c4nc(C(CC(N)=O)NCC(N)C(N)=O)nc(N)c4C)C(O[C@@H]4O[C@@H](CO)[C@@H](O)[C@@H](O)[C@@H]4O[C@H]4O[C@H](CO)[C@@H](O)[C@@H](OC(N)=O)[C@@H]4O)c4cnc[nH]4)C(C)O)n3)n2)cc1. The van der Waals surface area contributed by atoms with Crippen LogP contribution in [0.4, 0.5) is 16.3 Å². The molecule has 0 radical (unpaired) electrons. The zero-order valence-electron chi connectivity index (χ0n) is 58.7. The van der Waals surface area contributed by atoms with Gasteiger partial charge in [0.15, 0.2) is 24.4 Å². The van der Waals surface area contributed by atoms with Gasteiger partial charge in [-0.1, -0.05) is 6.92 Å². The van der Waals surface area contributed by atoms with Crippen molar-refractivity contribution in [1.29, 1.82) is 0 Å². The first-order valence-corrected chi connectivity index (χ1v) is 36.9. The first kappa shape index (κ1) is 85.4. The Morgan fingerprint density at radius 3 is 2.10 bits per heavy atom. The van der Waals surface area contributed by atoms with E-state index in [1.807, 2.05) is 6.26 Å². The number of methoxy groups -OCH3 is 1. The van der Waals surface area contributed by atoms with Gasteiger partial charge in [0.2, 0.25) is 29.5 Å². The summed E-state index contributed by atoms with van der Waals surface area (Å²) >= 11 is 2.45. The Morgan fingerprint density at radius 1 is 0.776 bits per heavy atom. The zero-order valence-corrected chi connectivity index (χ0v) is 61.2. The van der Waals surface area contributed by atoms with Crippen LogP contribution in [0.5, 0.6) is 5.75 Å². The maximum Gasteiger partial charge on any atom is 0.404 e. The Balaban J connectivity index is 1.05. The van der Waals surface area contributed by atoms with Crippen LogP contribution >= 0.6 is 22.7 Å². The van der Waals surface area contributed by atoms with Gasteiger partial charge < -0.3 is 140 Å². The van der Waals surface area contributed by atoms with Crippen LogP contribution in [-0.4, -0.2) is 280 Å². The van der Waals surface area contributed by atoms with E-state index >= 15 is 4.79 Å². The number of aliphatic hydroxyl groups is 8. The van der Waals surface area contributed by atoms with Gasteiger partial charge in [0.25, 0.3) is 17.7 Å². The highest BCUT2D eigenvalue weighted by Gasteiger charge is 2.54. The molecule has 9 amide bonds. The Bertz CT molecular complexity index is 3830. The number of carbonyl (C=O) groups is 9. The van der Waals surface area contributed by atoms with Crippen LogP contribution in [0.3, 0.4) is 0 Å². The number of amides is 9. The minimum atomic E-state index is -2.21. The van der Waals surface area contributed by atoms with E-state index in [4.69, 9.17) is 57.1 Å². The molecule has 588 valence electrons. The van der Waals surface area contributed by atoms with Gasteiger partial charge in [0.05, 0.1) is 86.1 Å². The molecule has 2 aliphatic rings. The van der Waals surface area contributed by atoms with Crippen molar-refractivity contribution in [2.45, 2.75) is 157 Å². The van der Waals surface area contributed by atoms with Crippen molar-refractivity contribution in [3.8, 4) is 16.5 Å². The van der Waals surface area contributed by atoms with E-state index in [0.717, 1.165) is 12.5 Å². The number of ether oxygens (including phenoxy) is 6. The molecule has 44 heteroatoms. The van der Waals surface area contributed by atoms with E-state index in [1.165, 1.54) is 50.4 Å². The highest BCUT2D eigenvalue weighted by atomic mass is 32.2. The van der Waals surface area contributed by atoms with E-state index in [2.05, 4.69) is 67.1 Å². The second-order valence-electron chi connectivity index (χ2n) is 25.0. The lowest BCUT2D eigenvalue weighted by molar-refractivity contribution is -0.372. The molecule has 7 rings (SSSR count). The number of nitrogens with zero attached hydrogens (tertiary/aromatic N) is 5. The number of benzene rings is 1. The summed E-state index contributed by atoms with van der Waals surface area (Å²) in [5, 5.41) is 111. The van der Waals surface area contributed by atoms with E-state index in [0.29, 0.717) is 51.6 Å². The summed E-state index contributed by atoms with van der Waals surface area (Å²) in [6, 6.07) is -0.911. The molecular formula is C63H91N18O23S3+. The number of imidazole rings is 1. The smallest absolute Gasteiger partial charge is 0.404 e. The van der Waals surface area contributed by atoms with Crippen LogP contribution in [0.15, 0.2) is 47.5 Å². The topological polar surface area (TPSA) is 665 Å². The van der Waals surface area contributed by atoms with Gasteiger partial charge >= 0.3 is 6.09 Å². The van der Waals surface area contributed by atoms with Crippen molar-refractivity contribution in [2.75, 3.05) is 68.8 Å². The van der Waals surface area contributed by atoms with Gasteiger partial charge in [0, 0.05) is 60.9 Å². The maximum atomic E-state index is 15.2. The second kappa shape index (κ2) is 39.9. The van der Waals surface area contributed by atoms with Crippen molar-refractivity contribution < 1.29 is 112 Å². The van der Waals surface area contributed by atoms with Crippen molar-refractivity contribution in [2.24, 2.45) is 28.9 Å². The molecular weight excluding hydrogens is 1470 g/mol. The number of nitrogens with one attached hydrogen (secondary N) is 8. The molecule has 0 bridgehead atoms. The van der Waals surface area contributed by atoms with Gasteiger partial charge in [0.1, 0.15) is 106 Å². The number of aromatic nitrogens is 6. The van der Waals surface area contributed by atoms with Gasteiger partial charge in [-0.15, -0.1) is 22.7 Å². The number of nitrogen functional groups attached to an aromatic ring is 1. The zero-order chi connectivity index (χ0) is 78.7. The summed E-state index contributed by atoms with van der Waals surface area (Å²) in [7, 11) is 1.31. The number of rotatable bonds is 39. The number of hydrogen-bond acceptors (Lipinski definition) is 33. The summed E-state index contributed by atoms with van der Waals surface area (Å²) in [6.07, 6.45) is -22.7. The quantitative estimate of drug-likeness (QED) is 0.0128. The molecule has 10 unspecified atom stereocenters. The van der Waals surface area contributed by atoms with Crippen molar-refractivity contribution >= 4 is 98.4 Å². The van der Waals surface area contributed by atoms with Crippen molar-refractivity contribution in [3.05, 3.63) is 81.0 Å². The molecule has 0 aliphatic carbocycles. The molecule has 2 saturated heterocycles. The number of nitrogens with two attached hydrogens (primary N) is 5. The molecule has 26 N–H and O–H groups in total. The molecule has 20 atom stereocenters. The van der Waals surface area contributed by atoms with Crippen LogP contribution in [0.1, 0.15) is 88.8 Å². The molecule has 6 heterocycles. The molecule has 2 fully saturated rings. The third-order valence-electron chi connectivity index (χ3n) is 17.0. The Kier molecular flexibility index (Phi) is 31.8. The van der Waals surface area contributed by atoms with Crippen LogP contribution in [-0.2, 0) is 69.8 Å². The molecule has 4 aromatic heterocycles. The van der Waals surface area contributed by atoms with E-state index in [9.17, 15) is 79.2 Å². The minimum Gasteiger partial charge on any atom is -0.497 e. The molecule has 2 aliphatic heterocycles. The lowest BCUT2D eigenvalue weighted by atomic mass is 9.96. The lowest BCUT2D eigenvalue weighted by Gasteiger charge is -2.47. The van der Waals surface area contributed by atoms with Gasteiger partial charge in [-0.05, 0) is 55.9 Å².